The molecule has 1 amide bonds. The number of anilines is 2. The first kappa shape index (κ1) is 18.8. The van der Waals surface area contributed by atoms with Gasteiger partial charge in [0.2, 0.25) is 5.95 Å². The SMILES string of the molecule is Cc1ccc(Cl)cc1Nc1nccc(C(=O)NCCc2ccc(F)cc2)n1. The molecule has 0 radical (unpaired) electrons. The minimum absolute atomic E-state index is 0.256. The highest BCUT2D eigenvalue weighted by Crippen LogP contribution is 2.22. The molecule has 3 aromatic rings. The monoisotopic (exact) mass is 384 g/mol. The first-order chi connectivity index (χ1) is 13.0. The Kier molecular flexibility index (Phi) is 5.98. The standard InChI is InChI=1S/C20H18ClFN4O/c1-13-2-5-15(21)12-18(13)26-20-24-11-9-17(25-20)19(27)23-10-8-14-3-6-16(22)7-4-14/h2-7,9,11-12H,8,10H2,1H3,(H,23,27)(H,24,25,26). The first-order valence-corrected chi connectivity index (χ1v) is 8.78. The highest BCUT2D eigenvalue weighted by atomic mass is 35.5. The second-order valence-corrected chi connectivity index (χ2v) is 6.42. The summed E-state index contributed by atoms with van der Waals surface area (Å²) in [6, 6.07) is 13.2. The fraction of sp³-hybridized carbons (Fsp3) is 0.150. The summed E-state index contributed by atoms with van der Waals surface area (Å²) >= 11 is 6.02. The minimum Gasteiger partial charge on any atom is -0.350 e. The lowest BCUT2D eigenvalue weighted by atomic mass is 10.1. The average molecular weight is 385 g/mol. The van der Waals surface area contributed by atoms with Gasteiger partial charge in [0.15, 0.2) is 0 Å². The largest absolute Gasteiger partial charge is 0.350 e. The third kappa shape index (κ3) is 5.24. The molecule has 0 unspecified atom stereocenters. The van der Waals surface area contributed by atoms with Gasteiger partial charge < -0.3 is 10.6 Å². The lowest BCUT2D eigenvalue weighted by Crippen LogP contribution is -2.26. The highest BCUT2D eigenvalue weighted by Gasteiger charge is 2.09. The van der Waals surface area contributed by atoms with Gasteiger partial charge in [-0.3, -0.25) is 4.79 Å². The zero-order valence-corrected chi connectivity index (χ0v) is 15.4. The van der Waals surface area contributed by atoms with Crippen LogP contribution in [0.5, 0.6) is 0 Å². The molecular weight excluding hydrogens is 367 g/mol. The van der Waals surface area contributed by atoms with Gasteiger partial charge in [0.25, 0.3) is 5.91 Å². The summed E-state index contributed by atoms with van der Waals surface area (Å²) in [5.41, 5.74) is 2.96. The number of hydrogen-bond acceptors (Lipinski definition) is 4. The van der Waals surface area contributed by atoms with E-state index in [1.165, 1.54) is 18.3 Å². The Labute approximate surface area is 161 Å². The van der Waals surface area contributed by atoms with Gasteiger partial charge in [-0.25, -0.2) is 14.4 Å². The number of halogens is 2. The van der Waals surface area contributed by atoms with E-state index in [1.54, 1.807) is 30.3 Å². The summed E-state index contributed by atoms with van der Waals surface area (Å²) in [6.45, 7) is 2.36. The number of aromatic nitrogens is 2. The predicted octanol–water partition coefficient (Wildman–Crippen LogP) is 4.29. The van der Waals surface area contributed by atoms with Gasteiger partial charge in [-0.2, -0.15) is 0 Å². The van der Waals surface area contributed by atoms with Gasteiger partial charge >= 0.3 is 0 Å². The van der Waals surface area contributed by atoms with Gasteiger partial charge in [-0.1, -0.05) is 29.8 Å². The van der Waals surface area contributed by atoms with Crippen LogP contribution in [-0.4, -0.2) is 22.4 Å². The van der Waals surface area contributed by atoms with Crippen LogP contribution in [0.15, 0.2) is 54.7 Å². The molecule has 2 aromatic carbocycles. The van der Waals surface area contributed by atoms with Crippen molar-refractivity contribution >= 4 is 29.1 Å². The molecule has 5 nitrogen and oxygen atoms in total. The van der Waals surface area contributed by atoms with Crippen LogP contribution in [0.1, 0.15) is 21.6 Å². The van der Waals surface area contributed by atoms with Gasteiger partial charge in [-0.15, -0.1) is 0 Å². The fourth-order valence-electron chi connectivity index (χ4n) is 2.46. The number of hydrogen-bond donors (Lipinski definition) is 2. The molecule has 27 heavy (non-hydrogen) atoms. The first-order valence-electron chi connectivity index (χ1n) is 8.40. The van der Waals surface area contributed by atoms with Crippen molar-refractivity contribution in [2.24, 2.45) is 0 Å². The normalized spacial score (nSPS) is 10.5. The maximum Gasteiger partial charge on any atom is 0.270 e. The zero-order valence-electron chi connectivity index (χ0n) is 14.7. The zero-order chi connectivity index (χ0) is 19.2. The van der Waals surface area contributed by atoms with Crippen molar-refractivity contribution in [2.45, 2.75) is 13.3 Å². The van der Waals surface area contributed by atoms with E-state index < -0.39 is 0 Å². The Balaban J connectivity index is 1.61. The van der Waals surface area contributed by atoms with Gasteiger partial charge in [0, 0.05) is 23.5 Å². The van der Waals surface area contributed by atoms with Crippen molar-refractivity contribution in [3.8, 4) is 0 Å². The topological polar surface area (TPSA) is 66.9 Å². The Morgan fingerprint density at radius 3 is 2.70 bits per heavy atom. The summed E-state index contributed by atoms with van der Waals surface area (Å²) in [7, 11) is 0. The molecule has 3 rings (SSSR count). The summed E-state index contributed by atoms with van der Waals surface area (Å²) in [6.07, 6.45) is 2.12. The molecule has 1 heterocycles. The molecule has 0 aliphatic rings. The van der Waals surface area contributed by atoms with E-state index in [0.717, 1.165) is 16.8 Å². The Morgan fingerprint density at radius 2 is 1.93 bits per heavy atom. The van der Waals surface area contributed by atoms with Crippen LogP contribution in [0.4, 0.5) is 16.0 Å². The van der Waals surface area contributed by atoms with E-state index in [2.05, 4.69) is 20.6 Å². The van der Waals surface area contributed by atoms with Crippen LogP contribution in [-0.2, 0) is 6.42 Å². The molecule has 0 saturated carbocycles. The van der Waals surface area contributed by atoms with Gasteiger partial charge in [0.05, 0.1) is 0 Å². The molecule has 0 aliphatic carbocycles. The Hall–Kier alpha value is -2.99. The number of amides is 1. The second-order valence-electron chi connectivity index (χ2n) is 5.98. The number of rotatable bonds is 6. The van der Waals surface area contributed by atoms with E-state index in [0.29, 0.717) is 23.9 Å². The van der Waals surface area contributed by atoms with Crippen molar-refractivity contribution < 1.29 is 9.18 Å². The Morgan fingerprint density at radius 1 is 1.15 bits per heavy atom. The van der Waals surface area contributed by atoms with Crippen molar-refractivity contribution in [1.29, 1.82) is 0 Å². The van der Waals surface area contributed by atoms with E-state index in [4.69, 9.17) is 11.6 Å². The molecule has 2 N–H and O–H groups in total. The molecule has 7 heteroatoms. The number of aryl methyl sites for hydroxylation is 1. The number of nitrogens with one attached hydrogen (secondary N) is 2. The number of nitrogens with zero attached hydrogens (tertiary/aromatic N) is 2. The summed E-state index contributed by atoms with van der Waals surface area (Å²) < 4.78 is 12.9. The van der Waals surface area contributed by atoms with Crippen molar-refractivity contribution in [1.82, 2.24) is 15.3 Å². The van der Waals surface area contributed by atoms with E-state index in [1.807, 2.05) is 13.0 Å². The molecule has 138 valence electrons. The highest BCUT2D eigenvalue weighted by molar-refractivity contribution is 6.30. The predicted molar refractivity (Wildman–Crippen MR) is 104 cm³/mol. The van der Waals surface area contributed by atoms with Gasteiger partial charge in [-0.05, 0) is 54.8 Å². The third-order valence-corrected chi connectivity index (χ3v) is 4.18. The van der Waals surface area contributed by atoms with Crippen LogP contribution < -0.4 is 10.6 Å². The molecular formula is C20H18ClFN4O. The van der Waals surface area contributed by atoms with Crippen LogP contribution in [0, 0.1) is 12.7 Å². The van der Waals surface area contributed by atoms with Crippen molar-refractivity contribution in [3.63, 3.8) is 0 Å². The van der Waals surface area contributed by atoms with E-state index >= 15 is 0 Å². The summed E-state index contributed by atoms with van der Waals surface area (Å²) in [5, 5.41) is 6.47. The molecule has 0 fully saturated rings. The van der Waals surface area contributed by atoms with Crippen molar-refractivity contribution in [3.05, 3.63) is 82.4 Å². The van der Waals surface area contributed by atoms with Crippen LogP contribution in [0.3, 0.4) is 0 Å². The number of carbonyl (C=O) groups excluding carboxylic acids is 1. The molecule has 0 saturated heterocycles. The molecule has 0 spiro atoms. The summed E-state index contributed by atoms with van der Waals surface area (Å²) in [5.74, 6) is -0.268. The van der Waals surface area contributed by atoms with Crippen LogP contribution in [0.2, 0.25) is 5.02 Å². The quantitative estimate of drug-likeness (QED) is 0.665. The van der Waals surface area contributed by atoms with E-state index in [-0.39, 0.29) is 17.4 Å². The fourth-order valence-corrected chi connectivity index (χ4v) is 2.63. The third-order valence-electron chi connectivity index (χ3n) is 3.95. The summed E-state index contributed by atoms with van der Waals surface area (Å²) in [4.78, 5) is 20.7. The Bertz CT molecular complexity index is 947. The molecule has 0 atom stereocenters. The van der Waals surface area contributed by atoms with Crippen LogP contribution >= 0.6 is 11.6 Å². The second kappa shape index (κ2) is 8.60. The van der Waals surface area contributed by atoms with Crippen LogP contribution in [0.25, 0.3) is 0 Å². The minimum atomic E-state index is -0.301. The number of carbonyl (C=O) groups is 1. The van der Waals surface area contributed by atoms with E-state index in [9.17, 15) is 9.18 Å². The maximum absolute atomic E-state index is 12.9. The lowest BCUT2D eigenvalue weighted by molar-refractivity contribution is 0.0949. The van der Waals surface area contributed by atoms with Gasteiger partial charge in [0.1, 0.15) is 11.5 Å². The molecule has 0 bridgehead atoms. The molecule has 1 aromatic heterocycles. The smallest absolute Gasteiger partial charge is 0.270 e. The lowest BCUT2D eigenvalue weighted by Gasteiger charge is -2.10. The maximum atomic E-state index is 12.9. The average Bonchev–Trinajstić information content (AvgIpc) is 2.66. The number of benzene rings is 2. The van der Waals surface area contributed by atoms with Crippen molar-refractivity contribution in [2.75, 3.05) is 11.9 Å². The molecule has 0 aliphatic heterocycles.